The van der Waals surface area contributed by atoms with E-state index in [0.29, 0.717) is 17.5 Å². The van der Waals surface area contributed by atoms with Gasteiger partial charge >= 0.3 is 6.18 Å². The zero-order chi connectivity index (χ0) is 22.6. The lowest BCUT2D eigenvalue weighted by Crippen LogP contribution is -2.32. The van der Waals surface area contributed by atoms with Gasteiger partial charge in [0, 0.05) is 24.1 Å². The molecule has 0 unspecified atom stereocenters. The van der Waals surface area contributed by atoms with Gasteiger partial charge in [-0.2, -0.15) is 18.2 Å². The number of amides is 1. The van der Waals surface area contributed by atoms with E-state index in [4.69, 9.17) is 8.94 Å². The molecule has 1 amide bonds. The maximum Gasteiger partial charge on any atom is 0.416 e. The Labute approximate surface area is 181 Å². The quantitative estimate of drug-likeness (QED) is 0.393. The van der Waals surface area contributed by atoms with Crippen LogP contribution in [0.1, 0.15) is 27.6 Å². The fourth-order valence-electron chi connectivity index (χ4n) is 3.12. The molecule has 164 valence electrons. The minimum absolute atomic E-state index is 0.139. The van der Waals surface area contributed by atoms with Gasteiger partial charge in [-0.3, -0.25) is 4.79 Å². The third kappa shape index (κ3) is 5.05. The predicted octanol–water partition coefficient (Wildman–Crippen LogP) is 5.23. The summed E-state index contributed by atoms with van der Waals surface area (Å²) in [7, 11) is 0. The van der Waals surface area contributed by atoms with Crippen LogP contribution in [0.4, 0.5) is 13.2 Å². The van der Waals surface area contributed by atoms with Crippen molar-refractivity contribution in [1.29, 1.82) is 0 Å². The third-order valence-corrected chi connectivity index (χ3v) is 4.77. The van der Waals surface area contributed by atoms with Crippen LogP contribution >= 0.6 is 0 Å². The number of hydrogen-bond donors (Lipinski definition) is 0. The molecule has 2 heterocycles. The molecule has 0 radical (unpaired) electrons. The number of halogens is 3. The first kappa shape index (κ1) is 21.4. The molecule has 0 aliphatic carbocycles. The number of furan rings is 1. The van der Waals surface area contributed by atoms with E-state index in [1.807, 2.05) is 30.3 Å². The summed E-state index contributed by atoms with van der Waals surface area (Å²) in [6.07, 6.45) is -2.71. The molecule has 0 atom stereocenters. The number of hydrogen-bond acceptors (Lipinski definition) is 5. The Morgan fingerprint density at radius 2 is 1.72 bits per heavy atom. The molecule has 32 heavy (non-hydrogen) atoms. The monoisotopic (exact) mass is 441 g/mol. The second kappa shape index (κ2) is 9.09. The number of alkyl halides is 3. The Kier molecular flexibility index (Phi) is 6.07. The van der Waals surface area contributed by atoms with Gasteiger partial charge in [0.05, 0.1) is 18.4 Å². The van der Waals surface area contributed by atoms with Crippen LogP contribution in [0.2, 0.25) is 0 Å². The minimum atomic E-state index is -4.47. The molecule has 6 nitrogen and oxygen atoms in total. The molecular formula is C23H18F3N3O3. The maximum absolute atomic E-state index is 13.0. The van der Waals surface area contributed by atoms with E-state index in [9.17, 15) is 18.0 Å². The summed E-state index contributed by atoms with van der Waals surface area (Å²) >= 11 is 0. The summed E-state index contributed by atoms with van der Waals surface area (Å²) in [4.78, 5) is 18.8. The smallest absolute Gasteiger partial charge is 0.416 e. The fourth-order valence-corrected chi connectivity index (χ4v) is 3.12. The van der Waals surface area contributed by atoms with Gasteiger partial charge in [0.15, 0.2) is 0 Å². The van der Waals surface area contributed by atoms with Gasteiger partial charge in [-0.1, -0.05) is 35.5 Å². The first-order valence-corrected chi connectivity index (χ1v) is 9.77. The van der Waals surface area contributed by atoms with Crippen LogP contribution in [-0.2, 0) is 19.1 Å². The summed E-state index contributed by atoms with van der Waals surface area (Å²) in [6.45, 7) is 0.351. The zero-order valence-electron chi connectivity index (χ0n) is 16.7. The molecule has 0 saturated carbocycles. The molecule has 0 aliphatic heterocycles. The molecule has 2 aromatic carbocycles. The second-order valence-electron chi connectivity index (χ2n) is 7.01. The molecule has 0 saturated heterocycles. The standard InChI is InChI=1S/C23H18F3N3O3/c24-23(25,26)18-10-8-17(9-11-18)22(30)29(15-19-7-4-14-31-19)13-12-20-27-21(28-32-20)16-5-2-1-3-6-16/h1-11,14H,12-13,15H2. The average molecular weight is 441 g/mol. The molecule has 0 aliphatic rings. The van der Waals surface area contributed by atoms with Crippen LogP contribution in [-0.4, -0.2) is 27.5 Å². The van der Waals surface area contributed by atoms with Crippen LogP contribution in [0.5, 0.6) is 0 Å². The number of benzene rings is 2. The lowest BCUT2D eigenvalue weighted by Gasteiger charge is -2.21. The van der Waals surface area contributed by atoms with Crippen molar-refractivity contribution in [1.82, 2.24) is 15.0 Å². The van der Waals surface area contributed by atoms with Gasteiger partial charge in [-0.05, 0) is 36.4 Å². The van der Waals surface area contributed by atoms with E-state index in [1.165, 1.54) is 23.3 Å². The maximum atomic E-state index is 13.0. The number of carbonyl (C=O) groups is 1. The van der Waals surface area contributed by atoms with Crippen LogP contribution in [0.25, 0.3) is 11.4 Å². The zero-order valence-corrected chi connectivity index (χ0v) is 16.7. The summed E-state index contributed by atoms with van der Waals surface area (Å²) in [5.41, 5.74) is 0.127. The second-order valence-corrected chi connectivity index (χ2v) is 7.01. The van der Waals surface area contributed by atoms with Gasteiger partial charge in [0.25, 0.3) is 5.91 Å². The number of carbonyl (C=O) groups excluding carboxylic acids is 1. The predicted molar refractivity (Wildman–Crippen MR) is 108 cm³/mol. The van der Waals surface area contributed by atoms with Gasteiger partial charge in [-0.15, -0.1) is 0 Å². The fraction of sp³-hybridized carbons (Fsp3) is 0.174. The van der Waals surface area contributed by atoms with Gasteiger partial charge in [0.1, 0.15) is 5.76 Å². The molecule has 0 N–H and O–H groups in total. The van der Waals surface area contributed by atoms with E-state index in [1.54, 1.807) is 12.1 Å². The SMILES string of the molecule is O=C(c1ccc(C(F)(F)F)cc1)N(CCc1nc(-c2ccccc2)no1)Cc1ccco1. The van der Waals surface area contributed by atoms with Crippen LogP contribution in [0, 0.1) is 0 Å². The van der Waals surface area contributed by atoms with Crippen LogP contribution in [0.3, 0.4) is 0 Å². The number of aromatic nitrogens is 2. The van der Waals surface area contributed by atoms with Crippen LogP contribution in [0.15, 0.2) is 81.9 Å². The van der Waals surface area contributed by atoms with Crippen molar-refractivity contribution in [2.75, 3.05) is 6.54 Å². The number of nitrogens with zero attached hydrogens (tertiary/aromatic N) is 3. The largest absolute Gasteiger partial charge is 0.467 e. The summed E-state index contributed by atoms with van der Waals surface area (Å²) in [5.74, 6) is 0.888. The Morgan fingerprint density at radius 3 is 2.38 bits per heavy atom. The van der Waals surface area contributed by atoms with Gasteiger partial charge < -0.3 is 13.8 Å². The lowest BCUT2D eigenvalue weighted by atomic mass is 10.1. The van der Waals surface area contributed by atoms with Crippen molar-refractivity contribution in [3.63, 3.8) is 0 Å². The number of rotatable bonds is 7. The Bertz CT molecular complexity index is 1150. The lowest BCUT2D eigenvalue weighted by molar-refractivity contribution is -0.137. The summed E-state index contributed by atoms with van der Waals surface area (Å²) in [6, 6.07) is 16.8. The molecule has 0 fully saturated rings. The van der Waals surface area contributed by atoms with E-state index in [2.05, 4.69) is 10.1 Å². The molecule has 0 spiro atoms. The highest BCUT2D eigenvalue weighted by atomic mass is 19.4. The Morgan fingerprint density at radius 1 is 0.969 bits per heavy atom. The average Bonchev–Trinajstić information content (AvgIpc) is 3.48. The van der Waals surface area contributed by atoms with Crippen LogP contribution < -0.4 is 0 Å². The van der Waals surface area contributed by atoms with E-state index < -0.39 is 17.6 Å². The third-order valence-electron chi connectivity index (χ3n) is 4.77. The first-order valence-electron chi connectivity index (χ1n) is 9.77. The van der Waals surface area contributed by atoms with E-state index in [-0.39, 0.29) is 25.1 Å². The van der Waals surface area contributed by atoms with Crippen molar-refractivity contribution in [3.05, 3.63) is 95.8 Å². The highest BCUT2D eigenvalue weighted by Crippen LogP contribution is 2.29. The molecule has 4 aromatic rings. The highest BCUT2D eigenvalue weighted by molar-refractivity contribution is 5.94. The van der Waals surface area contributed by atoms with Crippen molar-refractivity contribution < 1.29 is 26.9 Å². The minimum Gasteiger partial charge on any atom is -0.467 e. The van der Waals surface area contributed by atoms with Crippen molar-refractivity contribution in [3.8, 4) is 11.4 Å². The van der Waals surface area contributed by atoms with E-state index >= 15 is 0 Å². The first-order chi connectivity index (χ1) is 15.4. The summed E-state index contributed by atoms with van der Waals surface area (Å²) in [5, 5.41) is 3.96. The molecule has 4 rings (SSSR count). The Hall–Kier alpha value is -3.88. The highest BCUT2D eigenvalue weighted by Gasteiger charge is 2.30. The van der Waals surface area contributed by atoms with Crippen molar-refractivity contribution in [2.45, 2.75) is 19.1 Å². The normalized spacial score (nSPS) is 11.5. The van der Waals surface area contributed by atoms with Crippen molar-refractivity contribution in [2.24, 2.45) is 0 Å². The molecular weight excluding hydrogens is 423 g/mol. The molecule has 0 bridgehead atoms. The molecule has 2 aromatic heterocycles. The van der Waals surface area contributed by atoms with Gasteiger partial charge in [-0.25, -0.2) is 0 Å². The molecule has 9 heteroatoms. The van der Waals surface area contributed by atoms with Crippen molar-refractivity contribution >= 4 is 5.91 Å². The van der Waals surface area contributed by atoms with Gasteiger partial charge in [0.2, 0.25) is 11.7 Å². The topological polar surface area (TPSA) is 72.4 Å². The summed E-state index contributed by atoms with van der Waals surface area (Å²) < 4.78 is 49.1. The van der Waals surface area contributed by atoms with E-state index in [0.717, 1.165) is 17.7 Å². The Balaban J connectivity index is 1.49.